The quantitative estimate of drug-likeness (QED) is 0.588. The second-order valence-electron chi connectivity index (χ2n) is 8.07. The van der Waals surface area contributed by atoms with Crippen molar-refractivity contribution in [3.63, 3.8) is 0 Å². The number of hydrogen-bond donors (Lipinski definition) is 1. The zero-order valence-corrected chi connectivity index (χ0v) is 18.4. The number of ether oxygens (including phenoxy) is 3. The van der Waals surface area contributed by atoms with Crippen LogP contribution in [-0.4, -0.2) is 58.5 Å². The first-order valence-corrected chi connectivity index (χ1v) is 11.2. The van der Waals surface area contributed by atoms with E-state index in [1.54, 1.807) is 0 Å². The highest BCUT2D eigenvalue weighted by atomic mass is 16.6. The Bertz CT molecular complexity index is 1100. The lowest BCUT2D eigenvalue weighted by molar-refractivity contribution is -0.123. The minimum Gasteiger partial charge on any atom is -0.486 e. The highest BCUT2D eigenvalue weighted by Gasteiger charge is 2.20. The van der Waals surface area contributed by atoms with E-state index in [9.17, 15) is 4.79 Å². The lowest BCUT2D eigenvalue weighted by Gasteiger charge is -2.22. The molecule has 0 bridgehead atoms. The minimum absolute atomic E-state index is 0.0334. The van der Waals surface area contributed by atoms with Crippen LogP contribution in [0.15, 0.2) is 48.5 Å². The molecule has 0 fully saturated rings. The molecule has 3 aromatic rings. The molecule has 2 aliphatic rings. The largest absolute Gasteiger partial charge is 0.486 e. The second kappa shape index (κ2) is 9.91. The van der Waals surface area contributed by atoms with Gasteiger partial charge in [0.05, 0.1) is 6.54 Å². The van der Waals surface area contributed by atoms with E-state index < -0.39 is 0 Å². The van der Waals surface area contributed by atoms with Gasteiger partial charge in [-0.1, -0.05) is 24.3 Å². The van der Waals surface area contributed by atoms with Crippen LogP contribution in [0, 0.1) is 0 Å². The lowest BCUT2D eigenvalue weighted by atomic mass is 10.1. The Hall–Kier alpha value is -3.59. The molecule has 0 aliphatic carbocycles. The summed E-state index contributed by atoms with van der Waals surface area (Å²) in [4.78, 5) is 14.6. The van der Waals surface area contributed by atoms with Gasteiger partial charge in [-0.15, -0.1) is 10.2 Å². The predicted molar refractivity (Wildman–Crippen MR) is 120 cm³/mol. The summed E-state index contributed by atoms with van der Waals surface area (Å²) in [6.45, 7) is 4.85. The van der Waals surface area contributed by atoms with E-state index in [2.05, 4.69) is 37.1 Å². The fourth-order valence-electron chi connectivity index (χ4n) is 4.05. The van der Waals surface area contributed by atoms with Crippen molar-refractivity contribution in [3.05, 3.63) is 65.7 Å². The topological polar surface area (TPSA) is 90.7 Å². The van der Waals surface area contributed by atoms with E-state index in [0.29, 0.717) is 25.5 Å². The molecule has 9 heteroatoms. The number of nitrogens with zero attached hydrogens (tertiary/aromatic N) is 4. The predicted octanol–water partition coefficient (Wildman–Crippen LogP) is 1.80. The van der Waals surface area contributed by atoms with Crippen LogP contribution in [0.5, 0.6) is 17.2 Å². The van der Waals surface area contributed by atoms with Crippen molar-refractivity contribution in [2.24, 2.45) is 0 Å². The molecule has 2 aliphatic heterocycles. The zero-order chi connectivity index (χ0) is 22.5. The maximum Gasteiger partial charge on any atom is 0.258 e. The summed E-state index contributed by atoms with van der Waals surface area (Å²) in [5.74, 6) is 3.82. The maximum absolute atomic E-state index is 12.2. The third-order valence-electron chi connectivity index (χ3n) is 5.77. The summed E-state index contributed by atoms with van der Waals surface area (Å²) in [5.41, 5.74) is 1.20. The molecule has 1 aromatic heterocycles. The van der Waals surface area contributed by atoms with Gasteiger partial charge in [-0.05, 0) is 29.8 Å². The number of aromatic nitrogens is 3. The van der Waals surface area contributed by atoms with Gasteiger partial charge >= 0.3 is 0 Å². The first-order valence-electron chi connectivity index (χ1n) is 11.2. The maximum atomic E-state index is 12.2. The first-order chi connectivity index (χ1) is 16.2. The number of rotatable bonds is 7. The van der Waals surface area contributed by atoms with Crippen molar-refractivity contribution in [1.29, 1.82) is 0 Å². The van der Waals surface area contributed by atoms with E-state index in [4.69, 9.17) is 14.2 Å². The summed E-state index contributed by atoms with van der Waals surface area (Å²) in [7, 11) is 0. The molecule has 9 nitrogen and oxygen atoms in total. The van der Waals surface area contributed by atoms with Crippen LogP contribution >= 0.6 is 0 Å². The van der Waals surface area contributed by atoms with Crippen LogP contribution in [0.25, 0.3) is 0 Å². The number of carbonyl (C=O) groups excluding carboxylic acids is 1. The molecule has 33 heavy (non-hydrogen) atoms. The van der Waals surface area contributed by atoms with Crippen LogP contribution < -0.4 is 19.5 Å². The molecular weight excluding hydrogens is 422 g/mol. The van der Waals surface area contributed by atoms with Gasteiger partial charge in [-0.3, -0.25) is 9.69 Å². The second-order valence-corrected chi connectivity index (χ2v) is 8.07. The number of amides is 1. The Morgan fingerprint density at radius 1 is 1.00 bits per heavy atom. The SMILES string of the molecule is O=C(COc1ccccc1)NCc1nnc2n1CCN(Cc1ccc3c(c1)OCCO3)CC2. The summed E-state index contributed by atoms with van der Waals surface area (Å²) >= 11 is 0. The number of hydrogen-bond acceptors (Lipinski definition) is 7. The molecule has 0 saturated heterocycles. The fraction of sp³-hybridized carbons (Fsp3) is 0.375. The van der Waals surface area contributed by atoms with Gasteiger partial charge in [-0.25, -0.2) is 0 Å². The number of fused-ring (bicyclic) bond motifs is 2. The molecule has 0 saturated carbocycles. The normalized spacial score (nSPS) is 15.4. The molecule has 172 valence electrons. The summed E-state index contributed by atoms with van der Waals surface area (Å²) in [6, 6.07) is 15.4. The molecule has 0 spiro atoms. The van der Waals surface area contributed by atoms with Crippen LogP contribution in [0.1, 0.15) is 17.2 Å². The van der Waals surface area contributed by atoms with Crippen molar-refractivity contribution in [2.45, 2.75) is 26.1 Å². The number of benzene rings is 2. The summed E-state index contributed by atoms with van der Waals surface area (Å²) in [6.07, 6.45) is 0.808. The Morgan fingerprint density at radius 2 is 1.85 bits per heavy atom. The Kier molecular flexibility index (Phi) is 6.39. The molecular formula is C24H27N5O4. The minimum atomic E-state index is -0.190. The number of nitrogens with one attached hydrogen (secondary N) is 1. The van der Waals surface area contributed by atoms with Crippen LogP contribution in [0.3, 0.4) is 0 Å². The van der Waals surface area contributed by atoms with Gasteiger partial charge in [0.1, 0.15) is 24.8 Å². The highest BCUT2D eigenvalue weighted by molar-refractivity contribution is 5.77. The third-order valence-corrected chi connectivity index (χ3v) is 5.77. The average Bonchev–Trinajstić information content (AvgIpc) is 3.14. The van der Waals surface area contributed by atoms with Crippen molar-refractivity contribution < 1.29 is 19.0 Å². The smallest absolute Gasteiger partial charge is 0.258 e. The first kappa shape index (κ1) is 21.3. The van der Waals surface area contributed by atoms with E-state index in [1.807, 2.05) is 36.4 Å². The van der Waals surface area contributed by atoms with Gasteiger partial charge in [0, 0.05) is 32.6 Å². The van der Waals surface area contributed by atoms with Crippen molar-refractivity contribution in [1.82, 2.24) is 25.0 Å². The van der Waals surface area contributed by atoms with Crippen LogP contribution in [-0.2, 0) is 30.8 Å². The molecule has 0 atom stereocenters. The molecule has 5 rings (SSSR count). The summed E-state index contributed by atoms with van der Waals surface area (Å²) < 4.78 is 18.9. The van der Waals surface area contributed by atoms with E-state index in [-0.39, 0.29) is 12.5 Å². The highest BCUT2D eigenvalue weighted by Crippen LogP contribution is 2.31. The Balaban J connectivity index is 1.13. The lowest BCUT2D eigenvalue weighted by Crippen LogP contribution is -2.30. The van der Waals surface area contributed by atoms with E-state index in [0.717, 1.165) is 55.7 Å². The number of carbonyl (C=O) groups is 1. The van der Waals surface area contributed by atoms with Gasteiger partial charge in [0.2, 0.25) is 0 Å². The Labute approximate surface area is 192 Å². The molecule has 1 amide bonds. The van der Waals surface area contributed by atoms with Gasteiger partial charge in [0.15, 0.2) is 23.9 Å². The molecule has 0 radical (unpaired) electrons. The number of para-hydroxylation sites is 1. The van der Waals surface area contributed by atoms with Crippen LogP contribution in [0.4, 0.5) is 0 Å². The summed E-state index contributed by atoms with van der Waals surface area (Å²) in [5, 5.41) is 11.5. The average molecular weight is 450 g/mol. The van der Waals surface area contributed by atoms with Crippen LogP contribution in [0.2, 0.25) is 0 Å². The molecule has 1 N–H and O–H groups in total. The van der Waals surface area contributed by atoms with Gasteiger partial charge in [-0.2, -0.15) is 0 Å². The molecule has 0 unspecified atom stereocenters. The fourth-order valence-corrected chi connectivity index (χ4v) is 4.05. The van der Waals surface area contributed by atoms with Crippen molar-refractivity contribution in [2.75, 3.05) is 32.9 Å². The molecule has 3 heterocycles. The standard InChI is InChI=1S/C24H27N5O4/c30-24(17-33-19-4-2-1-3-5-19)25-15-23-27-26-22-8-9-28(10-11-29(22)23)16-18-6-7-20-21(14-18)32-13-12-31-20/h1-7,14H,8-13,15-17H2,(H,25,30). The van der Waals surface area contributed by atoms with Crippen molar-refractivity contribution in [3.8, 4) is 17.2 Å². The van der Waals surface area contributed by atoms with E-state index >= 15 is 0 Å². The monoisotopic (exact) mass is 449 g/mol. The van der Waals surface area contributed by atoms with Gasteiger partial charge in [0.25, 0.3) is 5.91 Å². The van der Waals surface area contributed by atoms with Crippen molar-refractivity contribution >= 4 is 5.91 Å². The Morgan fingerprint density at radius 3 is 2.73 bits per heavy atom. The van der Waals surface area contributed by atoms with Gasteiger partial charge < -0.3 is 24.1 Å². The third kappa shape index (κ3) is 5.25. The zero-order valence-electron chi connectivity index (χ0n) is 18.4. The van der Waals surface area contributed by atoms with E-state index in [1.165, 1.54) is 5.56 Å². The molecule has 2 aromatic carbocycles.